The lowest BCUT2D eigenvalue weighted by Gasteiger charge is -2.16. The van der Waals surface area contributed by atoms with Crippen molar-refractivity contribution < 1.29 is 9.90 Å². The van der Waals surface area contributed by atoms with E-state index >= 15 is 0 Å². The number of aromatic nitrogens is 2. The third kappa shape index (κ3) is 3.22. The van der Waals surface area contributed by atoms with E-state index in [1.165, 1.54) is 0 Å². The van der Waals surface area contributed by atoms with Crippen molar-refractivity contribution >= 4 is 55.1 Å². The molecule has 5 nitrogen and oxygen atoms in total. The second-order valence-electron chi connectivity index (χ2n) is 6.00. The smallest absolute Gasteiger partial charge is 0.186 e. The molecule has 0 radical (unpaired) electrons. The molecule has 0 saturated heterocycles. The van der Waals surface area contributed by atoms with Gasteiger partial charge in [-0.05, 0) is 55.0 Å². The zero-order chi connectivity index (χ0) is 18.8. The lowest BCUT2D eigenvalue weighted by Crippen LogP contribution is -2.21. The van der Waals surface area contributed by atoms with Crippen molar-refractivity contribution in [2.45, 2.75) is 33.6 Å². The summed E-state index contributed by atoms with van der Waals surface area (Å²) in [5.74, 6) is -0.0139. The maximum atomic E-state index is 12.7. The Hall–Kier alpha value is -1.61. The van der Waals surface area contributed by atoms with Crippen molar-refractivity contribution in [3.63, 3.8) is 0 Å². The maximum absolute atomic E-state index is 12.7. The first-order chi connectivity index (χ1) is 12.5. The third-order valence-corrected chi connectivity index (χ3v) is 6.52. The van der Waals surface area contributed by atoms with Gasteiger partial charge in [0.25, 0.3) is 0 Å². The molecule has 1 aromatic carbocycles. The number of Topliss-reactive ketones (excluding diaryl/α,β-unsaturated/α-hetero) is 1. The fourth-order valence-corrected chi connectivity index (χ4v) is 5.29. The summed E-state index contributed by atoms with van der Waals surface area (Å²) in [4.78, 5) is 19.7. The zero-order valence-electron chi connectivity index (χ0n) is 15.1. The zero-order valence-corrected chi connectivity index (χ0v) is 18.1. The summed E-state index contributed by atoms with van der Waals surface area (Å²) >= 11 is 3.71. The lowest BCUT2D eigenvalue weighted by molar-refractivity contribution is 0.0980. The summed E-state index contributed by atoms with van der Waals surface area (Å²) in [5.41, 5.74) is 1.85. The van der Waals surface area contributed by atoms with E-state index in [0.29, 0.717) is 21.1 Å². The van der Waals surface area contributed by atoms with Gasteiger partial charge in [-0.1, -0.05) is 18.3 Å². The van der Waals surface area contributed by atoms with Crippen LogP contribution in [0.4, 0.5) is 5.13 Å². The highest BCUT2D eigenvalue weighted by molar-refractivity contribution is 14.1. The highest BCUT2D eigenvalue weighted by atomic mass is 127. The Morgan fingerprint density at radius 2 is 1.92 bits per heavy atom. The number of phenols is 1. The number of benzene rings is 1. The number of fused-ring (bicyclic) bond motifs is 1. The van der Waals surface area contributed by atoms with Crippen molar-refractivity contribution in [3.05, 3.63) is 33.7 Å². The van der Waals surface area contributed by atoms with Crippen LogP contribution in [0.3, 0.4) is 0 Å². The molecule has 0 spiro atoms. The highest BCUT2D eigenvalue weighted by Gasteiger charge is 2.26. The first-order valence-electron chi connectivity index (χ1n) is 8.79. The van der Waals surface area contributed by atoms with Crippen molar-refractivity contribution in [2.75, 3.05) is 18.0 Å². The maximum Gasteiger partial charge on any atom is 0.186 e. The summed E-state index contributed by atoms with van der Waals surface area (Å²) in [6.07, 6.45) is 5.03. The summed E-state index contributed by atoms with van der Waals surface area (Å²) in [6.45, 7) is 7.83. The number of ketones is 1. The van der Waals surface area contributed by atoms with E-state index < -0.39 is 0 Å². The summed E-state index contributed by atoms with van der Waals surface area (Å²) in [7, 11) is 0. The Morgan fingerprint density at radius 1 is 1.27 bits per heavy atom. The van der Waals surface area contributed by atoms with Crippen molar-refractivity contribution in [2.24, 2.45) is 0 Å². The number of halogens is 1. The van der Waals surface area contributed by atoms with Gasteiger partial charge in [-0.25, -0.2) is 4.98 Å². The number of carbonyl (C=O) groups excluding carboxylic acids is 1. The van der Waals surface area contributed by atoms with Gasteiger partial charge in [0.05, 0.1) is 19.5 Å². The number of hydrogen-bond acceptors (Lipinski definition) is 5. The van der Waals surface area contributed by atoms with Gasteiger partial charge in [0.2, 0.25) is 0 Å². The monoisotopic (exact) mass is 483 g/mol. The van der Waals surface area contributed by atoms with Crippen LogP contribution < -0.4 is 4.90 Å². The van der Waals surface area contributed by atoms with Gasteiger partial charge < -0.3 is 14.6 Å². The van der Waals surface area contributed by atoms with Crippen molar-refractivity contribution in [1.29, 1.82) is 0 Å². The second-order valence-corrected chi connectivity index (χ2v) is 8.05. The van der Waals surface area contributed by atoms with Crippen LogP contribution in [0.5, 0.6) is 5.75 Å². The van der Waals surface area contributed by atoms with Crippen LogP contribution in [0.1, 0.15) is 44.0 Å². The van der Waals surface area contributed by atoms with Crippen LogP contribution in [0.2, 0.25) is 0 Å². The molecule has 0 amide bonds. The number of thiazole rings is 1. The van der Waals surface area contributed by atoms with Gasteiger partial charge in [0.15, 0.2) is 10.9 Å². The Balaban J connectivity index is 2.36. The van der Waals surface area contributed by atoms with Crippen molar-refractivity contribution in [1.82, 2.24) is 9.55 Å². The molecule has 2 heterocycles. The van der Waals surface area contributed by atoms with E-state index in [0.717, 1.165) is 35.0 Å². The molecule has 138 valence electrons. The topological polar surface area (TPSA) is 58.4 Å². The first-order valence-corrected chi connectivity index (χ1v) is 10.7. The fourth-order valence-electron chi connectivity index (χ4n) is 3.03. The molecule has 26 heavy (non-hydrogen) atoms. The van der Waals surface area contributed by atoms with Gasteiger partial charge in [-0.2, -0.15) is 0 Å². The van der Waals surface area contributed by atoms with Gasteiger partial charge in [0.1, 0.15) is 11.3 Å². The molecule has 0 fully saturated rings. The molecule has 0 aliphatic heterocycles. The molecule has 0 unspecified atom stereocenters. The second kappa shape index (κ2) is 7.96. The fraction of sp³-hybridized carbons (Fsp3) is 0.368. The minimum Gasteiger partial charge on any atom is -0.506 e. The molecular formula is C19H22IN3O2S. The van der Waals surface area contributed by atoms with E-state index in [2.05, 4.69) is 41.3 Å². The molecule has 0 bridgehead atoms. The molecule has 0 atom stereocenters. The van der Waals surface area contributed by atoms with Crippen LogP contribution in [-0.2, 0) is 0 Å². The molecule has 1 N–H and O–H groups in total. The van der Waals surface area contributed by atoms with E-state index in [9.17, 15) is 9.90 Å². The predicted octanol–water partition coefficient (Wildman–Crippen LogP) is 5.23. The number of rotatable bonds is 7. The number of aromatic hydroxyl groups is 1. The highest BCUT2D eigenvalue weighted by Crippen LogP contribution is 2.43. The Morgan fingerprint density at radius 3 is 2.50 bits per heavy atom. The molecule has 3 rings (SSSR count). The van der Waals surface area contributed by atoms with Crippen LogP contribution in [0.25, 0.3) is 15.9 Å². The Bertz CT molecular complexity index is 930. The average molecular weight is 483 g/mol. The molecule has 7 heteroatoms. The lowest BCUT2D eigenvalue weighted by atomic mass is 10.0. The number of nitrogens with zero attached hydrogens (tertiary/aromatic N) is 3. The summed E-state index contributed by atoms with van der Waals surface area (Å²) in [5, 5.41) is 11.7. The van der Waals surface area contributed by atoms with Crippen LogP contribution in [0, 0.1) is 3.57 Å². The average Bonchev–Trinajstić information content (AvgIpc) is 3.28. The Labute approximate surface area is 170 Å². The molecule has 3 aromatic rings. The first kappa shape index (κ1) is 19.2. The van der Waals surface area contributed by atoms with Crippen LogP contribution in [-0.4, -0.2) is 33.5 Å². The summed E-state index contributed by atoms with van der Waals surface area (Å²) in [6, 6.07) is 3.89. The van der Waals surface area contributed by atoms with Gasteiger partial charge in [0, 0.05) is 31.9 Å². The number of hydrogen-bond donors (Lipinski definition) is 1. The van der Waals surface area contributed by atoms with Crippen LogP contribution in [0.15, 0.2) is 24.5 Å². The summed E-state index contributed by atoms with van der Waals surface area (Å²) < 4.78 is 3.59. The quantitative estimate of drug-likeness (QED) is 0.370. The predicted molar refractivity (Wildman–Crippen MR) is 116 cm³/mol. The molecular weight excluding hydrogens is 461 g/mol. The van der Waals surface area contributed by atoms with Crippen LogP contribution >= 0.6 is 33.9 Å². The normalized spacial score (nSPS) is 11.2. The van der Waals surface area contributed by atoms with E-state index in [1.54, 1.807) is 11.3 Å². The molecule has 0 saturated carbocycles. The van der Waals surface area contributed by atoms with Crippen molar-refractivity contribution in [3.8, 4) is 11.4 Å². The molecule has 2 aromatic heterocycles. The van der Waals surface area contributed by atoms with Gasteiger partial charge in [-0.3, -0.25) is 4.79 Å². The third-order valence-electron chi connectivity index (χ3n) is 4.37. The number of phenolic OH excluding ortho intramolecular Hbond substituents is 1. The standard InChI is InChI=1S/C19H22IN3O2S/c1-4-9-12(24)13-15-18(26-19(21-15)22(5-2)6-3)16(14(20)17(13)25)23-10-7-8-11-23/h7-8,10-11,25H,4-6,9H2,1-3H3. The van der Waals surface area contributed by atoms with E-state index in [-0.39, 0.29) is 11.5 Å². The Kier molecular flexibility index (Phi) is 5.86. The molecule has 0 aliphatic carbocycles. The van der Waals surface area contributed by atoms with Gasteiger partial charge in [-0.15, -0.1) is 0 Å². The minimum atomic E-state index is -0.0524. The number of anilines is 1. The largest absolute Gasteiger partial charge is 0.506 e. The number of carbonyl (C=O) groups is 1. The molecule has 0 aliphatic rings. The minimum absolute atomic E-state index is 0.0386. The SMILES string of the molecule is CCCC(=O)c1c(O)c(I)c(-n2cccc2)c2sc(N(CC)CC)nc12. The van der Waals surface area contributed by atoms with Gasteiger partial charge >= 0.3 is 0 Å². The van der Waals surface area contributed by atoms with E-state index in [1.807, 2.05) is 36.0 Å². The van der Waals surface area contributed by atoms with E-state index in [4.69, 9.17) is 4.98 Å².